The fourth-order valence-electron chi connectivity index (χ4n) is 1.40. The molecular weight excluding hydrogens is 240 g/mol. The van der Waals surface area contributed by atoms with E-state index in [0.717, 1.165) is 6.26 Å². The minimum atomic E-state index is -3.32. The van der Waals surface area contributed by atoms with Crippen LogP contribution in [0, 0.1) is 5.92 Å². The Hall–Kier alpha value is -1.14. The maximum atomic E-state index is 11.6. The highest BCUT2D eigenvalue weighted by Crippen LogP contribution is 2.19. The van der Waals surface area contributed by atoms with Gasteiger partial charge < -0.3 is 10.4 Å². The zero-order chi connectivity index (χ0) is 13.1. The molecule has 1 unspecified atom stereocenters. The van der Waals surface area contributed by atoms with E-state index in [1.54, 1.807) is 6.07 Å². The zero-order valence-electron chi connectivity index (χ0n) is 10.2. The number of aliphatic hydroxyl groups is 1. The van der Waals surface area contributed by atoms with E-state index in [1.807, 2.05) is 13.8 Å². The van der Waals surface area contributed by atoms with Crippen molar-refractivity contribution in [2.24, 2.45) is 5.92 Å². The summed E-state index contributed by atoms with van der Waals surface area (Å²) >= 11 is 0. The Balaban J connectivity index is 3.07. The molecule has 1 aromatic heterocycles. The quantitative estimate of drug-likeness (QED) is 0.821. The highest BCUT2D eigenvalue weighted by molar-refractivity contribution is 7.90. The molecule has 96 valence electrons. The van der Waals surface area contributed by atoms with E-state index in [4.69, 9.17) is 0 Å². The Morgan fingerprint density at radius 2 is 2.12 bits per heavy atom. The molecule has 0 spiro atoms. The molecular formula is C11H18N2O3S. The van der Waals surface area contributed by atoms with Crippen LogP contribution in [0.3, 0.4) is 0 Å². The van der Waals surface area contributed by atoms with Crippen molar-refractivity contribution in [1.29, 1.82) is 0 Å². The highest BCUT2D eigenvalue weighted by Gasteiger charge is 2.18. The van der Waals surface area contributed by atoms with Crippen molar-refractivity contribution in [3.8, 4) is 0 Å². The van der Waals surface area contributed by atoms with Crippen LogP contribution < -0.4 is 5.32 Å². The van der Waals surface area contributed by atoms with Crippen molar-refractivity contribution in [2.75, 3.05) is 18.2 Å². The van der Waals surface area contributed by atoms with Gasteiger partial charge in [-0.3, -0.25) is 0 Å². The number of nitrogens with one attached hydrogen (secondary N) is 1. The van der Waals surface area contributed by atoms with Crippen molar-refractivity contribution in [2.45, 2.75) is 24.8 Å². The van der Waals surface area contributed by atoms with Crippen molar-refractivity contribution in [3.63, 3.8) is 0 Å². The molecule has 0 bridgehead atoms. The molecule has 0 aromatic carbocycles. The number of nitrogens with zero attached hydrogens (tertiary/aromatic N) is 1. The largest absolute Gasteiger partial charge is 0.394 e. The second-order valence-corrected chi connectivity index (χ2v) is 6.28. The Morgan fingerprint density at radius 3 is 2.59 bits per heavy atom. The van der Waals surface area contributed by atoms with Gasteiger partial charge in [-0.1, -0.05) is 13.8 Å². The number of hydrogen-bond acceptors (Lipinski definition) is 5. The topological polar surface area (TPSA) is 79.3 Å². The van der Waals surface area contributed by atoms with Crippen LogP contribution in [0.2, 0.25) is 0 Å². The summed E-state index contributed by atoms with van der Waals surface area (Å²) in [6.45, 7) is 3.81. The smallest absolute Gasteiger partial charge is 0.179 e. The minimum Gasteiger partial charge on any atom is -0.394 e. The molecule has 1 heterocycles. The Labute approximate surface area is 102 Å². The summed E-state index contributed by atoms with van der Waals surface area (Å²) in [6.07, 6.45) is 2.66. The molecule has 2 N–H and O–H groups in total. The van der Waals surface area contributed by atoms with Crippen LogP contribution in [0.25, 0.3) is 0 Å². The van der Waals surface area contributed by atoms with E-state index in [0.29, 0.717) is 5.82 Å². The first-order chi connectivity index (χ1) is 7.86. The van der Waals surface area contributed by atoms with Gasteiger partial charge in [0, 0.05) is 12.5 Å². The van der Waals surface area contributed by atoms with Gasteiger partial charge in [-0.05, 0) is 18.1 Å². The molecule has 1 rings (SSSR count). The standard InChI is InChI=1S/C11H18N2O3S/c1-8(2)9(7-14)13-11-10(17(3,15)16)5-4-6-12-11/h4-6,8-9,14H,7H2,1-3H3,(H,12,13). The maximum Gasteiger partial charge on any atom is 0.179 e. The van der Waals surface area contributed by atoms with E-state index in [2.05, 4.69) is 10.3 Å². The summed E-state index contributed by atoms with van der Waals surface area (Å²) in [4.78, 5) is 4.17. The second kappa shape index (κ2) is 5.46. The number of aromatic nitrogens is 1. The number of pyridine rings is 1. The Morgan fingerprint density at radius 1 is 1.47 bits per heavy atom. The molecule has 0 amide bonds. The molecule has 0 saturated carbocycles. The highest BCUT2D eigenvalue weighted by atomic mass is 32.2. The third kappa shape index (κ3) is 3.67. The monoisotopic (exact) mass is 258 g/mol. The molecule has 1 aromatic rings. The number of sulfone groups is 1. The van der Waals surface area contributed by atoms with Crippen LogP contribution in [0.4, 0.5) is 5.82 Å². The zero-order valence-corrected chi connectivity index (χ0v) is 11.0. The predicted octanol–water partition coefficient (Wildman–Crippen LogP) is 0.914. The average Bonchev–Trinajstić information content (AvgIpc) is 2.24. The lowest BCUT2D eigenvalue weighted by molar-refractivity contribution is 0.249. The summed E-state index contributed by atoms with van der Waals surface area (Å²) in [5, 5.41) is 12.2. The third-order valence-corrected chi connectivity index (χ3v) is 3.62. The first-order valence-electron chi connectivity index (χ1n) is 5.38. The molecule has 17 heavy (non-hydrogen) atoms. The first kappa shape index (κ1) is 13.9. The Bertz CT molecular complexity index is 471. The number of aliphatic hydroxyl groups excluding tert-OH is 1. The van der Waals surface area contributed by atoms with E-state index < -0.39 is 9.84 Å². The number of hydrogen-bond donors (Lipinski definition) is 2. The first-order valence-corrected chi connectivity index (χ1v) is 7.28. The average molecular weight is 258 g/mol. The SMILES string of the molecule is CC(C)C(CO)Nc1ncccc1S(C)(=O)=O. The summed E-state index contributed by atoms with van der Waals surface area (Å²) in [5.41, 5.74) is 0. The molecule has 0 aliphatic carbocycles. The fourth-order valence-corrected chi connectivity index (χ4v) is 2.19. The van der Waals surface area contributed by atoms with Crippen LogP contribution >= 0.6 is 0 Å². The van der Waals surface area contributed by atoms with Gasteiger partial charge in [0.15, 0.2) is 9.84 Å². The molecule has 0 fully saturated rings. The van der Waals surface area contributed by atoms with Crippen LogP contribution in [0.5, 0.6) is 0 Å². The van der Waals surface area contributed by atoms with Gasteiger partial charge in [-0.2, -0.15) is 0 Å². The summed E-state index contributed by atoms with van der Waals surface area (Å²) < 4.78 is 23.1. The van der Waals surface area contributed by atoms with Crippen molar-refractivity contribution >= 4 is 15.7 Å². The van der Waals surface area contributed by atoms with Crippen LogP contribution in [0.15, 0.2) is 23.2 Å². The van der Waals surface area contributed by atoms with Gasteiger partial charge >= 0.3 is 0 Å². The minimum absolute atomic E-state index is 0.0720. The Kier molecular flexibility index (Phi) is 4.47. The fraction of sp³-hybridized carbons (Fsp3) is 0.545. The normalized spacial score (nSPS) is 13.7. The second-order valence-electron chi connectivity index (χ2n) is 4.30. The summed E-state index contributed by atoms with van der Waals surface area (Å²) in [7, 11) is -3.32. The van der Waals surface area contributed by atoms with Gasteiger partial charge in [0.05, 0.1) is 12.6 Å². The summed E-state index contributed by atoms with van der Waals surface area (Å²) in [6, 6.07) is 2.86. The van der Waals surface area contributed by atoms with Gasteiger partial charge in [-0.25, -0.2) is 13.4 Å². The van der Waals surface area contributed by atoms with Crippen molar-refractivity contribution < 1.29 is 13.5 Å². The van der Waals surface area contributed by atoms with Crippen LogP contribution in [-0.4, -0.2) is 37.4 Å². The molecule has 6 heteroatoms. The molecule has 0 radical (unpaired) electrons. The number of anilines is 1. The van der Waals surface area contributed by atoms with Crippen LogP contribution in [-0.2, 0) is 9.84 Å². The van der Waals surface area contributed by atoms with Gasteiger partial charge in [0.2, 0.25) is 0 Å². The lowest BCUT2D eigenvalue weighted by Gasteiger charge is -2.21. The van der Waals surface area contributed by atoms with Gasteiger partial charge in [0.1, 0.15) is 10.7 Å². The molecule has 0 aliphatic heterocycles. The van der Waals surface area contributed by atoms with E-state index in [1.165, 1.54) is 12.3 Å². The molecule has 5 nitrogen and oxygen atoms in total. The van der Waals surface area contributed by atoms with E-state index in [-0.39, 0.29) is 23.5 Å². The third-order valence-electron chi connectivity index (χ3n) is 2.49. The van der Waals surface area contributed by atoms with Gasteiger partial charge in [0.25, 0.3) is 0 Å². The lowest BCUT2D eigenvalue weighted by atomic mass is 10.1. The lowest BCUT2D eigenvalue weighted by Crippen LogP contribution is -2.30. The summed E-state index contributed by atoms with van der Waals surface area (Å²) in [5.74, 6) is 0.470. The van der Waals surface area contributed by atoms with E-state index in [9.17, 15) is 13.5 Å². The molecule has 0 saturated heterocycles. The van der Waals surface area contributed by atoms with Crippen molar-refractivity contribution in [1.82, 2.24) is 4.98 Å². The van der Waals surface area contributed by atoms with Crippen LogP contribution in [0.1, 0.15) is 13.8 Å². The van der Waals surface area contributed by atoms with Crippen molar-refractivity contribution in [3.05, 3.63) is 18.3 Å². The molecule has 0 aliphatic rings. The molecule has 1 atom stereocenters. The van der Waals surface area contributed by atoms with E-state index >= 15 is 0 Å². The maximum absolute atomic E-state index is 11.6. The van der Waals surface area contributed by atoms with Gasteiger partial charge in [-0.15, -0.1) is 0 Å². The number of rotatable bonds is 5. The predicted molar refractivity (Wildman–Crippen MR) is 66.7 cm³/mol.